The molecule has 98 valence electrons. The Morgan fingerprint density at radius 1 is 1.37 bits per heavy atom. The Labute approximate surface area is 113 Å². The van der Waals surface area contributed by atoms with E-state index in [1.807, 2.05) is 12.1 Å². The Morgan fingerprint density at radius 3 is 2.95 bits per heavy atom. The molecule has 2 rings (SSSR count). The molecule has 2 amide bonds. The lowest BCUT2D eigenvalue weighted by Gasteiger charge is -2.01. The third-order valence-electron chi connectivity index (χ3n) is 2.17. The highest BCUT2D eigenvalue weighted by Gasteiger charge is 2.07. The zero-order valence-electron chi connectivity index (χ0n) is 9.92. The maximum atomic E-state index is 11.5. The fourth-order valence-electron chi connectivity index (χ4n) is 1.29. The van der Waals surface area contributed by atoms with Crippen molar-refractivity contribution in [1.29, 1.82) is 0 Å². The summed E-state index contributed by atoms with van der Waals surface area (Å²) in [5, 5.41) is 8.06. The Bertz CT molecular complexity index is 561. The van der Waals surface area contributed by atoms with Crippen LogP contribution in [-0.2, 0) is 4.79 Å². The Morgan fingerprint density at radius 2 is 2.26 bits per heavy atom. The van der Waals surface area contributed by atoms with Crippen LogP contribution in [0.4, 0.5) is 0 Å². The van der Waals surface area contributed by atoms with Crippen LogP contribution in [0.15, 0.2) is 40.9 Å². The predicted octanol–water partition coefficient (Wildman–Crippen LogP) is 0.956. The predicted molar refractivity (Wildman–Crippen MR) is 73.2 cm³/mol. The van der Waals surface area contributed by atoms with Gasteiger partial charge in [-0.25, -0.2) is 5.43 Å². The fraction of sp³-hybridized carbons (Fsp3) is 0.0833. The minimum Gasteiger partial charge on any atom is -0.360 e. The van der Waals surface area contributed by atoms with Gasteiger partial charge in [0, 0.05) is 6.20 Å². The van der Waals surface area contributed by atoms with Crippen LogP contribution in [0.2, 0.25) is 0 Å². The van der Waals surface area contributed by atoms with Gasteiger partial charge in [0.05, 0.1) is 23.3 Å². The molecule has 2 aromatic heterocycles. The Balaban J connectivity index is 1.71. The number of hydrogen-bond donors (Lipinski definition) is 3. The lowest BCUT2D eigenvalue weighted by Crippen LogP contribution is -2.34. The van der Waals surface area contributed by atoms with Crippen molar-refractivity contribution in [3.8, 4) is 0 Å². The van der Waals surface area contributed by atoms with E-state index in [1.54, 1.807) is 23.7 Å². The number of aromatic nitrogens is 1. The molecule has 6 nitrogen and oxygen atoms in total. The molecule has 3 N–H and O–H groups in total. The summed E-state index contributed by atoms with van der Waals surface area (Å²) >= 11 is 1.32. The summed E-state index contributed by atoms with van der Waals surface area (Å²) in [4.78, 5) is 26.4. The summed E-state index contributed by atoms with van der Waals surface area (Å²) < 4.78 is 0. The van der Waals surface area contributed by atoms with Gasteiger partial charge in [-0.2, -0.15) is 5.10 Å². The van der Waals surface area contributed by atoms with Gasteiger partial charge >= 0.3 is 0 Å². The number of hydrogen-bond acceptors (Lipinski definition) is 4. The van der Waals surface area contributed by atoms with Crippen LogP contribution in [0.3, 0.4) is 0 Å². The van der Waals surface area contributed by atoms with Crippen molar-refractivity contribution in [3.05, 3.63) is 46.4 Å². The van der Waals surface area contributed by atoms with Crippen molar-refractivity contribution in [2.45, 2.75) is 0 Å². The number of H-pyrrole nitrogens is 1. The van der Waals surface area contributed by atoms with Crippen LogP contribution in [0.5, 0.6) is 0 Å². The molecule has 0 aliphatic rings. The average molecular weight is 276 g/mol. The van der Waals surface area contributed by atoms with Gasteiger partial charge in [0.1, 0.15) is 0 Å². The molecule has 0 aliphatic heterocycles. The van der Waals surface area contributed by atoms with Gasteiger partial charge in [-0.15, -0.1) is 11.3 Å². The second-order valence-corrected chi connectivity index (χ2v) is 4.53. The number of amides is 2. The summed E-state index contributed by atoms with van der Waals surface area (Å²) in [7, 11) is 0. The normalized spacial score (nSPS) is 10.5. The minimum atomic E-state index is -0.382. The number of thiophene rings is 1. The third kappa shape index (κ3) is 4.07. The Hall–Kier alpha value is -2.41. The topological polar surface area (TPSA) is 86.3 Å². The zero-order valence-corrected chi connectivity index (χ0v) is 10.7. The molecule has 7 heteroatoms. The maximum absolute atomic E-state index is 11.5. The van der Waals surface area contributed by atoms with Gasteiger partial charge in [0.2, 0.25) is 0 Å². The average Bonchev–Trinajstić information content (AvgIpc) is 3.08. The van der Waals surface area contributed by atoms with Crippen LogP contribution in [-0.4, -0.2) is 29.6 Å². The van der Waals surface area contributed by atoms with Crippen molar-refractivity contribution in [2.75, 3.05) is 6.54 Å². The highest BCUT2D eigenvalue weighted by atomic mass is 32.1. The van der Waals surface area contributed by atoms with Gasteiger partial charge in [-0.3, -0.25) is 9.59 Å². The van der Waals surface area contributed by atoms with Gasteiger partial charge in [0.25, 0.3) is 11.8 Å². The van der Waals surface area contributed by atoms with Crippen LogP contribution < -0.4 is 10.7 Å². The summed E-state index contributed by atoms with van der Waals surface area (Å²) in [6.45, 7) is -0.112. The van der Waals surface area contributed by atoms with Crippen LogP contribution in [0.1, 0.15) is 15.4 Å². The quantitative estimate of drug-likeness (QED) is 0.561. The fourth-order valence-corrected chi connectivity index (χ4v) is 1.93. The molecule has 2 aromatic rings. The van der Waals surface area contributed by atoms with Gasteiger partial charge in [-0.05, 0) is 23.6 Å². The third-order valence-corrected chi connectivity index (χ3v) is 3.04. The van der Waals surface area contributed by atoms with Crippen molar-refractivity contribution >= 4 is 29.4 Å². The summed E-state index contributed by atoms with van der Waals surface area (Å²) in [5.74, 6) is -0.647. The summed E-state index contributed by atoms with van der Waals surface area (Å²) in [5.41, 5.74) is 3.10. The first-order valence-electron chi connectivity index (χ1n) is 5.53. The highest BCUT2D eigenvalue weighted by Crippen LogP contribution is 2.07. The SMILES string of the molecule is O=C(CNC(=O)c1cccs1)NN=Cc1ccc[nH]1. The van der Waals surface area contributed by atoms with E-state index < -0.39 is 0 Å². The van der Waals surface area contributed by atoms with Crippen molar-refractivity contribution < 1.29 is 9.59 Å². The van der Waals surface area contributed by atoms with Crippen molar-refractivity contribution in [2.24, 2.45) is 5.10 Å². The lowest BCUT2D eigenvalue weighted by molar-refractivity contribution is -0.120. The first-order chi connectivity index (χ1) is 9.25. The Kier molecular flexibility index (Phi) is 4.46. The van der Waals surface area contributed by atoms with E-state index in [4.69, 9.17) is 0 Å². The van der Waals surface area contributed by atoms with E-state index in [2.05, 4.69) is 20.8 Å². The molecule has 0 bridgehead atoms. The molecular formula is C12H12N4O2S. The largest absolute Gasteiger partial charge is 0.360 e. The summed E-state index contributed by atoms with van der Waals surface area (Å²) in [6.07, 6.45) is 3.24. The molecule has 0 aromatic carbocycles. The number of nitrogens with one attached hydrogen (secondary N) is 3. The number of aromatic amines is 1. The molecule has 2 heterocycles. The van der Waals surface area contributed by atoms with Crippen molar-refractivity contribution in [1.82, 2.24) is 15.7 Å². The smallest absolute Gasteiger partial charge is 0.261 e. The molecule has 0 radical (unpaired) electrons. The molecule has 0 unspecified atom stereocenters. The number of rotatable bonds is 5. The number of carbonyl (C=O) groups excluding carboxylic acids is 2. The molecule has 19 heavy (non-hydrogen) atoms. The molecule has 0 saturated heterocycles. The van der Waals surface area contributed by atoms with E-state index >= 15 is 0 Å². The van der Waals surface area contributed by atoms with Crippen LogP contribution in [0, 0.1) is 0 Å². The van der Waals surface area contributed by atoms with Crippen LogP contribution >= 0.6 is 11.3 Å². The summed E-state index contributed by atoms with van der Waals surface area (Å²) in [6, 6.07) is 7.11. The molecule has 0 saturated carbocycles. The van der Waals surface area contributed by atoms with Gasteiger partial charge in [0.15, 0.2) is 0 Å². The second kappa shape index (κ2) is 6.50. The lowest BCUT2D eigenvalue weighted by atomic mass is 10.4. The van der Waals surface area contributed by atoms with E-state index in [0.29, 0.717) is 4.88 Å². The number of carbonyl (C=O) groups is 2. The highest BCUT2D eigenvalue weighted by molar-refractivity contribution is 7.12. The molecule has 0 aliphatic carbocycles. The molecule has 0 fully saturated rings. The second-order valence-electron chi connectivity index (χ2n) is 3.58. The van der Waals surface area contributed by atoms with E-state index in [9.17, 15) is 9.59 Å². The first kappa shape index (κ1) is 13.0. The van der Waals surface area contributed by atoms with Crippen LogP contribution in [0.25, 0.3) is 0 Å². The maximum Gasteiger partial charge on any atom is 0.261 e. The monoisotopic (exact) mass is 276 g/mol. The first-order valence-corrected chi connectivity index (χ1v) is 6.40. The van der Waals surface area contributed by atoms with Gasteiger partial charge in [-0.1, -0.05) is 6.07 Å². The standard InChI is InChI=1S/C12H12N4O2S/c17-11(16-15-7-9-3-1-5-13-9)8-14-12(18)10-4-2-6-19-10/h1-7,13H,8H2,(H,14,18)(H,16,17). The minimum absolute atomic E-state index is 0.112. The molecule has 0 atom stereocenters. The van der Waals surface area contributed by atoms with Gasteiger partial charge < -0.3 is 10.3 Å². The zero-order chi connectivity index (χ0) is 13.5. The van der Waals surface area contributed by atoms with Crippen molar-refractivity contribution in [3.63, 3.8) is 0 Å². The van der Waals surface area contributed by atoms with E-state index in [0.717, 1.165) is 5.69 Å². The molecular weight excluding hydrogens is 264 g/mol. The molecule has 0 spiro atoms. The number of nitrogens with zero attached hydrogens (tertiary/aromatic N) is 1. The van der Waals surface area contributed by atoms with E-state index in [1.165, 1.54) is 17.6 Å². The number of hydrazone groups is 1. The van der Waals surface area contributed by atoms with E-state index in [-0.39, 0.29) is 18.4 Å².